The molecule has 160 valence electrons. The van der Waals surface area contributed by atoms with Crippen molar-refractivity contribution < 1.29 is 23.8 Å². The summed E-state index contributed by atoms with van der Waals surface area (Å²) >= 11 is 5.93. The van der Waals surface area contributed by atoms with Gasteiger partial charge in [-0.1, -0.05) is 23.7 Å². The maximum absolute atomic E-state index is 12.5. The van der Waals surface area contributed by atoms with E-state index >= 15 is 0 Å². The van der Waals surface area contributed by atoms with E-state index in [4.69, 9.17) is 25.8 Å². The molecule has 0 saturated carbocycles. The summed E-state index contributed by atoms with van der Waals surface area (Å²) in [4.78, 5) is 28.3. The number of esters is 1. The first-order valence-corrected chi connectivity index (χ1v) is 10.0. The molecule has 2 aromatic rings. The van der Waals surface area contributed by atoms with E-state index in [9.17, 15) is 9.59 Å². The number of ether oxygens (including phenoxy) is 3. The number of amides is 1. The van der Waals surface area contributed by atoms with Crippen LogP contribution in [0.4, 0.5) is 0 Å². The van der Waals surface area contributed by atoms with Gasteiger partial charge in [-0.3, -0.25) is 9.69 Å². The van der Waals surface area contributed by atoms with E-state index in [0.717, 1.165) is 24.7 Å². The number of hydrogen-bond acceptors (Lipinski definition) is 6. The number of hydrogen-bond donors (Lipinski definition) is 0. The van der Waals surface area contributed by atoms with Gasteiger partial charge in [-0.05, 0) is 35.9 Å². The zero-order chi connectivity index (χ0) is 21.5. The lowest BCUT2D eigenvalue weighted by molar-refractivity contribution is -0.135. The molecule has 1 fully saturated rings. The van der Waals surface area contributed by atoms with Gasteiger partial charge in [-0.15, -0.1) is 0 Å². The van der Waals surface area contributed by atoms with E-state index in [1.165, 1.54) is 25.8 Å². The standard InChI is InChI=1S/C22H25ClN2O5/c1-28-20-13-17(22(27)29-2)5-8-19(20)30-15-21(26)25-11-9-24(10-12-25)14-16-3-6-18(23)7-4-16/h3-8,13H,9-12,14-15H2,1-2H3. The Labute approximate surface area is 181 Å². The van der Waals surface area contributed by atoms with Crippen LogP contribution in [0.5, 0.6) is 11.5 Å². The zero-order valence-electron chi connectivity index (χ0n) is 17.1. The van der Waals surface area contributed by atoms with Crippen LogP contribution in [0.1, 0.15) is 15.9 Å². The molecule has 1 heterocycles. The third-order valence-electron chi connectivity index (χ3n) is 4.98. The van der Waals surface area contributed by atoms with Crippen LogP contribution in [0.15, 0.2) is 42.5 Å². The summed E-state index contributed by atoms with van der Waals surface area (Å²) in [6, 6.07) is 12.5. The van der Waals surface area contributed by atoms with E-state index in [2.05, 4.69) is 4.90 Å². The largest absolute Gasteiger partial charge is 0.493 e. The van der Waals surface area contributed by atoms with Crippen LogP contribution in [-0.4, -0.2) is 68.7 Å². The Kier molecular flexibility index (Phi) is 7.54. The first kappa shape index (κ1) is 21.9. The predicted molar refractivity (Wildman–Crippen MR) is 113 cm³/mol. The quantitative estimate of drug-likeness (QED) is 0.627. The summed E-state index contributed by atoms with van der Waals surface area (Å²) in [5, 5.41) is 0.728. The second kappa shape index (κ2) is 10.3. The summed E-state index contributed by atoms with van der Waals surface area (Å²) in [6.07, 6.45) is 0. The van der Waals surface area contributed by atoms with Crippen molar-refractivity contribution in [2.45, 2.75) is 6.54 Å². The molecule has 0 N–H and O–H groups in total. The summed E-state index contributed by atoms with van der Waals surface area (Å²) < 4.78 is 15.6. The highest BCUT2D eigenvalue weighted by Gasteiger charge is 2.22. The molecule has 0 spiro atoms. The molecule has 0 bridgehead atoms. The fourth-order valence-corrected chi connectivity index (χ4v) is 3.39. The van der Waals surface area contributed by atoms with Crippen molar-refractivity contribution in [1.82, 2.24) is 9.80 Å². The Morgan fingerprint density at radius 1 is 0.967 bits per heavy atom. The molecule has 3 rings (SSSR count). The van der Waals surface area contributed by atoms with Crippen molar-refractivity contribution in [3.63, 3.8) is 0 Å². The number of rotatable bonds is 7. The molecule has 1 saturated heterocycles. The molecule has 0 aromatic heterocycles. The molecule has 2 aromatic carbocycles. The van der Waals surface area contributed by atoms with Crippen LogP contribution in [0.3, 0.4) is 0 Å². The SMILES string of the molecule is COC(=O)c1ccc(OCC(=O)N2CCN(Cc3ccc(Cl)cc3)CC2)c(OC)c1. The van der Waals surface area contributed by atoms with Gasteiger partial charge in [0.25, 0.3) is 5.91 Å². The van der Waals surface area contributed by atoms with Crippen LogP contribution >= 0.6 is 11.6 Å². The van der Waals surface area contributed by atoms with Gasteiger partial charge in [0.15, 0.2) is 18.1 Å². The van der Waals surface area contributed by atoms with E-state index in [1.807, 2.05) is 24.3 Å². The summed E-state index contributed by atoms with van der Waals surface area (Å²) in [7, 11) is 2.79. The fraction of sp³-hybridized carbons (Fsp3) is 0.364. The number of nitrogens with zero attached hydrogens (tertiary/aromatic N) is 2. The van der Waals surface area contributed by atoms with Gasteiger partial charge >= 0.3 is 5.97 Å². The van der Waals surface area contributed by atoms with E-state index in [1.54, 1.807) is 17.0 Å². The Hall–Kier alpha value is -2.77. The first-order chi connectivity index (χ1) is 14.5. The lowest BCUT2D eigenvalue weighted by Gasteiger charge is -2.34. The summed E-state index contributed by atoms with van der Waals surface area (Å²) in [5.74, 6) is 0.228. The molecule has 1 amide bonds. The third kappa shape index (κ3) is 5.64. The number of carbonyl (C=O) groups is 2. The van der Waals surface area contributed by atoms with Gasteiger partial charge in [-0.2, -0.15) is 0 Å². The summed E-state index contributed by atoms with van der Waals surface area (Å²) in [5.41, 5.74) is 1.55. The molecule has 30 heavy (non-hydrogen) atoms. The Morgan fingerprint density at radius 2 is 1.67 bits per heavy atom. The van der Waals surface area contributed by atoms with Crippen molar-refractivity contribution in [2.75, 3.05) is 47.0 Å². The van der Waals surface area contributed by atoms with Crippen LogP contribution in [0, 0.1) is 0 Å². The highest BCUT2D eigenvalue weighted by Crippen LogP contribution is 2.28. The Balaban J connectivity index is 1.49. The maximum atomic E-state index is 12.5. The monoisotopic (exact) mass is 432 g/mol. The highest BCUT2D eigenvalue weighted by molar-refractivity contribution is 6.30. The van der Waals surface area contributed by atoms with Gasteiger partial charge in [0.05, 0.1) is 19.8 Å². The first-order valence-electron chi connectivity index (χ1n) is 9.64. The van der Waals surface area contributed by atoms with Crippen LogP contribution in [0.25, 0.3) is 0 Å². The van der Waals surface area contributed by atoms with E-state index in [0.29, 0.717) is 30.2 Å². The van der Waals surface area contributed by atoms with Crippen molar-refractivity contribution in [2.24, 2.45) is 0 Å². The van der Waals surface area contributed by atoms with Crippen molar-refractivity contribution in [3.05, 3.63) is 58.6 Å². The predicted octanol–water partition coefficient (Wildman–Crippen LogP) is 2.86. The van der Waals surface area contributed by atoms with Crippen molar-refractivity contribution in [3.8, 4) is 11.5 Å². The topological polar surface area (TPSA) is 68.3 Å². The molecular formula is C22H25ClN2O5. The lowest BCUT2D eigenvalue weighted by Crippen LogP contribution is -2.49. The average molecular weight is 433 g/mol. The number of halogens is 1. The Morgan fingerprint density at radius 3 is 2.30 bits per heavy atom. The van der Waals surface area contributed by atoms with Gasteiger partial charge < -0.3 is 19.1 Å². The average Bonchev–Trinajstić information content (AvgIpc) is 2.78. The van der Waals surface area contributed by atoms with E-state index in [-0.39, 0.29) is 12.5 Å². The molecule has 7 nitrogen and oxygen atoms in total. The molecular weight excluding hydrogens is 408 g/mol. The summed E-state index contributed by atoms with van der Waals surface area (Å²) in [6.45, 7) is 3.63. The molecule has 1 aliphatic heterocycles. The minimum Gasteiger partial charge on any atom is -0.493 e. The molecule has 0 unspecified atom stereocenters. The normalized spacial score (nSPS) is 14.3. The molecule has 0 radical (unpaired) electrons. The van der Waals surface area contributed by atoms with Crippen LogP contribution < -0.4 is 9.47 Å². The highest BCUT2D eigenvalue weighted by atomic mass is 35.5. The zero-order valence-corrected chi connectivity index (χ0v) is 17.9. The lowest BCUT2D eigenvalue weighted by atomic mass is 10.2. The smallest absolute Gasteiger partial charge is 0.337 e. The van der Waals surface area contributed by atoms with Gasteiger partial charge in [-0.25, -0.2) is 4.79 Å². The van der Waals surface area contributed by atoms with Crippen LogP contribution in [-0.2, 0) is 16.1 Å². The molecule has 1 aliphatic rings. The van der Waals surface area contributed by atoms with E-state index < -0.39 is 5.97 Å². The Bertz CT molecular complexity index is 880. The minimum atomic E-state index is -0.465. The second-order valence-corrected chi connectivity index (χ2v) is 7.37. The number of carbonyl (C=O) groups excluding carboxylic acids is 2. The van der Waals surface area contributed by atoms with Crippen molar-refractivity contribution in [1.29, 1.82) is 0 Å². The van der Waals surface area contributed by atoms with Crippen molar-refractivity contribution >= 4 is 23.5 Å². The number of piperazine rings is 1. The van der Waals surface area contributed by atoms with Gasteiger partial charge in [0.2, 0.25) is 0 Å². The minimum absolute atomic E-state index is 0.0831. The third-order valence-corrected chi connectivity index (χ3v) is 5.23. The molecule has 8 heteroatoms. The molecule has 0 aliphatic carbocycles. The van der Waals surface area contributed by atoms with Crippen LogP contribution in [0.2, 0.25) is 5.02 Å². The fourth-order valence-electron chi connectivity index (χ4n) is 3.27. The van der Waals surface area contributed by atoms with Gasteiger partial charge in [0.1, 0.15) is 0 Å². The molecule has 0 atom stereocenters. The van der Waals surface area contributed by atoms with Gasteiger partial charge in [0, 0.05) is 37.7 Å². The number of benzene rings is 2. The number of methoxy groups -OCH3 is 2. The maximum Gasteiger partial charge on any atom is 0.337 e. The second-order valence-electron chi connectivity index (χ2n) is 6.93.